The quantitative estimate of drug-likeness (QED) is 0.328. The van der Waals surface area contributed by atoms with Crippen molar-refractivity contribution in [1.29, 1.82) is 0 Å². The fraction of sp³-hybridized carbons (Fsp3) is 1.00. The van der Waals surface area contributed by atoms with Crippen molar-refractivity contribution in [2.24, 2.45) is 47.3 Å². The van der Waals surface area contributed by atoms with Crippen LogP contribution in [0.2, 0.25) is 0 Å². The third kappa shape index (κ3) is 5.46. The predicted octanol–water partition coefficient (Wildman–Crippen LogP) is 10.3. The molecule has 0 bridgehead atoms. The summed E-state index contributed by atoms with van der Waals surface area (Å²) in [7, 11) is 0. The van der Waals surface area contributed by atoms with Gasteiger partial charge in [-0.25, -0.2) is 0 Å². The molecule has 5 rings (SSSR count). The van der Waals surface area contributed by atoms with E-state index in [2.05, 4.69) is 0 Å². The lowest BCUT2D eigenvalue weighted by Crippen LogP contribution is -2.47. The standard InChI is InChI=1S/C32H56/c1-2-10-18-26-25(17-9-1)27-19-11-3-4-13-21-29(27)31-23-15-7-8-16-24-32(31)30-22-14-6-5-12-20-28(26)30/h25-32H,1-24H2. The fourth-order valence-corrected chi connectivity index (χ4v) is 10.4. The number of rotatable bonds is 0. The molecule has 0 aliphatic heterocycles. The second-order valence-electron chi connectivity index (χ2n) is 13.3. The van der Waals surface area contributed by atoms with Crippen LogP contribution in [0.25, 0.3) is 0 Å². The van der Waals surface area contributed by atoms with Crippen LogP contribution in [0.3, 0.4) is 0 Å². The lowest BCUT2D eigenvalue weighted by Gasteiger charge is -2.55. The zero-order valence-corrected chi connectivity index (χ0v) is 21.6. The van der Waals surface area contributed by atoms with E-state index in [1.54, 1.807) is 154 Å². The van der Waals surface area contributed by atoms with Crippen molar-refractivity contribution in [2.45, 2.75) is 154 Å². The minimum Gasteiger partial charge on any atom is -0.0533 e. The van der Waals surface area contributed by atoms with Gasteiger partial charge in [0, 0.05) is 0 Å². The first kappa shape index (κ1) is 23.7. The molecule has 0 saturated heterocycles. The smallest absolute Gasteiger partial charge is 0.0352 e. The first-order valence-electron chi connectivity index (χ1n) is 15.9. The molecule has 5 saturated carbocycles. The lowest BCUT2D eigenvalue weighted by atomic mass is 9.50. The van der Waals surface area contributed by atoms with Gasteiger partial charge in [0.25, 0.3) is 0 Å². The van der Waals surface area contributed by atoms with E-state index in [9.17, 15) is 0 Å². The molecule has 0 unspecified atom stereocenters. The van der Waals surface area contributed by atoms with Crippen LogP contribution < -0.4 is 0 Å². The van der Waals surface area contributed by atoms with Gasteiger partial charge in [-0.1, -0.05) is 103 Å². The van der Waals surface area contributed by atoms with E-state index in [0.29, 0.717) is 0 Å². The molecule has 0 heteroatoms. The van der Waals surface area contributed by atoms with Gasteiger partial charge in [-0.05, 0) is 98.7 Å². The Labute approximate surface area is 201 Å². The highest BCUT2D eigenvalue weighted by Gasteiger charge is 2.49. The molecule has 0 spiro atoms. The van der Waals surface area contributed by atoms with E-state index in [0.717, 1.165) is 47.3 Å². The first-order valence-corrected chi connectivity index (χ1v) is 15.9. The van der Waals surface area contributed by atoms with E-state index in [1.807, 2.05) is 0 Å². The van der Waals surface area contributed by atoms with Gasteiger partial charge in [0.2, 0.25) is 0 Å². The molecule has 0 nitrogen and oxygen atoms in total. The third-order valence-corrected chi connectivity index (χ3v) is 11.7. The van der Waals surface area contributed by atoms with Gasteiger partial charge in [-0.15, -0.1) is 0 Å². The van der Waals surface area contributed by atoms with E-state index < -0.39 is 0 Å². The highest BCUT2D eigenvalue weighted by molar-refractivity contribution is 4.98. The van der Waals surface area contributed by atoms with Crippen molar-refractivity contribution in [2.75, 3.05) is 0 Å². The summed E-state index contributed by atoms with van der Waals surface area (Å²) in [5.74, 6) is 8.86. The summed E-state index contributed by atoms with van der Waals surface area (Å²) < 4.78 is 0. The summed E-state index contributed by atoms with van der Waals surface area (Å²) in [5, 5.41) is 0. The van der Waals surface area contributed by atoms with Crippen LogP contribution >= 0.6 is 0 Å². The Morgan fingerprint density at radius 2 is 0.281 bits per heavy atom. The van der Waals surface area contributed by atoms with Crippen molar-refractivity contribution >= 4 is 0 Å². The monoisotopic (exact) mass is 440 g/mol. The van der Waals surface area contributed by atoms with E-state index in [4.69, 9.17) is 0 Å². The molecule has 5 fully saturated rings. The van der Waals surface area contributed by atoms with Gasteiger partial charge in [0.05, 0.1) is 0 Å². The Morgan fingerprint density at radius 1 is 0.156 bits per heavy atom. The number of hydrogen-bond acceptors (Lipinski definition) is 0. The van der Waals surface area contributed by atoms with Crippen LogP contribution in [0.15, 0.2) is 0 Å². The van der Waals surface area contributed by atoms with Gasteiger partial charge in [0.1, 0.15) is 0 Å². The summed E-state index contributed by atoms with van der Waals surface area (Å²) in [6, 6.07) is 0. The molecule has 0 aromatic heterocycles. The highest BCUT2D eigenvalue weighted by Crippen LogP contribution is 2.57. The molecule has 0 aromatic rings. The Balaban J connectivity index is 1.55. The van der Waals surface area contributed by atoms with Crippen molar-refractivity contribution in [3.8, 4) is 0 Å². The lowest BCUT2D eigenvalue weighted by molar-refractivity contribution is -0.0558. The number of fused-ring (bicyclic) bond motifs is 8. The SMILES string of the molecule is C1CCCC2C(CC1)C1CCCCCCC1C1CCCCCCC1C1CCCCCCC21. The van der Waals surface area contributed by atoms with Crippen LogP contribution in [0.5, 0.6) is 0 Å². The second-order valence-corrected chi connectivity index (χ2v) is 13.3. The van der Waals surface area contributed by atoms with Gasteiger partial charge >= 0.3 is 0 Å². The second kappa shape index (κ2) is 12.1. The van der Waals surface area contributed by atoms with Gasteiger partial charge in [-0.3, -0.25) is 0 Å². The Bertz CT molecular complexity index is 376. The molecular weight excluding hydrogens is 384 g/mol. The largest absolute Gasteiger partial charge is 0.0533 e. The van der Waals surface area contributed by atoms with E-state index in [1.165, 1.54) is 0 Å². The molecule has 0 heterocycles. The van der Waals surface area contributed by atoms with Gasteiger partial charge in [0.15, 0.2) is 0 Å². The zero-order chi connectivity index (χ0) is 21.6. The van der Waals surface area contributed by atoms with Gasteiger partial charge in [-0.2, -0.15) is 0 Å². The van der Waals surface area contributed by atoms with Crippen LogP contribution in [-0.2, 0) is 0 Å². The van der Waals surface area contributed by atoms with Crippen molar-refractivity contribution in [3.63, 3.8) is 0 Å². The molecule has 5 aliphatic carbocycles. The van der Waals surface area contributed by atoms with Crippen molar-refractivity contribution < 1.29 is 0 Å². The number of hydrogen-bond donors (Lipinski definition) is 0. The molecule has 0 aromatic carbocycles. The average Bonchev–Trinajstić information content (AvgIpc) is 2.71. The van der Waals surface area contributed by atoms with Crippen LogP contribution in [0.4, 0.5) is 0 Å². The summed E-state index contributed by atoms with van der Waals surface area (Å²) >= 11 is 0. The molecular formula is C32H56. The first-order chi connectivity index (χ1) is 15.9. The molecule has 5 aliphatic rings. The minimum absolute atomic E-state index is 1.11. The van der Waals surface area contributed by atoms with E-state index in [-0.39, 0.29) is 0 Å². The van der Waals surface area contributed by atoms with Crippen molar-refractivity contribution in [3.05, 3.63) is 0 Å². The highest BCUT2D eigenvalue weighted by atomic mass is 14.5. The summed E-state index contributed by atoms with van der Waals surface area (Å²) in [6.07, 6.45) is 37.8. The Morgan fingerprint density at radius 3 is 0.406 bits per heavy atom. The molecule has 184 valence electrons. The summed E-state index contributed by atoms with van der Waals surface area (Å²) in [5.41, 5.74) is 0. The van der Waals surface area contributed by atoms with Crippen LogP contribution in [0.1, 0.15) is 154 Å². The van der Waals surface area contributed by atoms with Crippen molar-refractivity contribution in [1.82, 2.24) is 0 Å². The summed E-state index contributed by atoms with van der Waals surface area (Å²) in [4.78, 5) is 0. The molecule has 0 atom stereocenters. The Hall–Kier alpha value is 0. The maximum absolute atomic E-state index is 1.62. The predicted molar refractivity (Wildman–Crippen MR) is 139 cm³/mol. The molecule has 32 heavy (non-hydrogen) atoms. The average molecular weight is 441 g/mol. The fourth-order valence-electron chi connectivity index (χ4n) is 10.4. The molecule has 0 radical (unpaired) electrons. The minimum atomic E-state index is 1.11. The Kier molecular flexibility index (Phi) is 8.98. The third-order valence-electron chi connectivity index (χ3n) is 11.7. The normalized spacial score (nSPS) is 45.0. The maximum atomic E-state index is 1.62. The maximum Gasteiger partial charge on any atom is -0.0352 e. The zero-order valence-electron chi connectivity index (χ0n) is 21.6. The molecule has 0 amide bonds. The summed E-state index contributed by atoms with van der Waals surface area (Å²) in [6.45, 7) is 0. The topological polar surface area (TPSA) is 0 Å². The van der Waals surface area contributed by atoms with E-state index >= 15 is 0 Å². The van der Waals surface area contributed by atoms with Crippen LogP contribution in [0, 0.1) is 47.3 Å². The molecule has 0 N–H and O–H groups in total. The van der Waals surface area contributed by atoms with Gasteiger partial charge < -0.3 is 0 Å². The van der Waals surface area contributed by atoms with Crippen LogP contribution in [-0.4, -0.2) is 0 Å².